The molecule has 3 nitrogen and oxygen atoms in total. The first-order valence-corrected chi connectivity index (χ1v) is 14.5. The van der Waals surface area contributed by atoms with Gasteiger partial charge in [0.1, 0.15) is 5.82 Å². The molecule has 1 heterocycles. The van der Waals surface area contributed by atoms with Crippen molar-refractivity contribution < 1.29 is 0 Å². The molecule has 0 amide bonds. The first kappa shape index (κ1) is 23.1. The van der Waals surface area contributed by atoms with Gasteiger partial charge in [-0.1, -0.05) is 44.4 Å². The van der Waals surface area contributed by atoms with Gasteiger partial charge < -0.3 is 4.98 Å². The molecule has 1 aromatic heterocycles. The van der Waals surface area contributed by atoms with Crippen LogP contribution in [0, 0.1) is 40.4 Å². The van der Waals surface area contributed by atoms with Crippen LogP contribution in [0.3, 0.4) is 0 Å². The molecule has 4 fully saturated rings. The van der Waals surface area contributed by atoms with Crippen molar-refractivity contribution in [3.05, 3.63) is 39.4 Å². The highest BCUT2D eigenvalue weighted by atomic mass is 35.5. The highest BCUT2D eigenvalue weighted by Crippen LogP contribution is 2.67. The molecule has 0 bridgehead atoms. The molecule has 7 atom stereocenters. The summed E-state index contributed by atoms with van der Waals surface area (Å²) >= 11 is 6.33. The average molecular weight is 481 g/mol. The number of fused-ring (bicyclic) bond motifs is 6. The number of rotatable bonds is 4. The second-order valence-electron chi connectivity index (χ2n) is 12.8. The standard InChI is InChI=1S/C30H41ClN2O/c1-29-17-4-3-7-19(29)12-14-21-23-15-13-20(30(23,2)18-16-24(21)29)8-5-11-26-32-27-22(28(34)33-26)9-6-10-25(27)31/h6,9-10,19-21,23-24H,3-5,7-8,11-18H2,1-2H3,(H,32,33,34). The number of halogens is 1. The zero-order chi connectivity index (χ0) is 23.5. The summed E-state index contributed by atoms with van der Waals surface area (Å²) in [5, 5.41) is 1.15. The van der Waals surface area contributed by atoms with Gasteiger partial charge in [0.2, 0.25) is 0 Å². The minimum atomic E-state index is -0.0690. The van der Waals surface area contributed by atoms with Crippen LogP contribution in [0.25, 0.3) is 10.9 Å². The van der Waals surface area contributed by atoms with Crippen LogP contribution in [-0.2, 0) is 6.42 Å². The number of aromatic amines is 1. The smallest absolute Gasteiger partial charge is 0.258 e. The Morgan fingerprint density at radius 3 is 2.74 bits per heavy atom. The number of hydrogen-bond donors (Lipinski definition) is 1. The Morgan fingerprint density at radius 1 is 1.00 bits per heavy atom. The maximum Gasteiger partial charge on any atom is 0.258 e. The molecule has 2 aromatic rings. The Kier molecular flexibility index (Phi) is 5.87. The van der Waals surface area contributed by atoms with Gasteiger partial charge in [0.05, 0.1) is 15.9 Å². The highest BCUT2D eigenvalue weighted by Gasteiger charge is 2.59. The third-order valence-electron chi connectivity index (χ3n) is 11.5. The molecule has 0 radical (unpaired) electrons. The molecule has 1 N–H and O–H groups in total. The topological polar surface area (TPSA) is 45.8 Å². The second kappa shape index (κ2) is 8.64. The zero-order valence-corrected chi connectivity index (χ0v) is 21.8. The summed E-state index contributed by atoms with van der Waals surface area (Å²) in [7, 11) is 0. The minimum absolute atomic E-state index is 0.0690. The molecule has 184 valence electrons. The van der Waals surface area contributed by atoms with E-state index in [-0.39, 0.29) is 5.56 Å². The molecule has 4 saturated carbocycles. The molecule has 6 rings (SSSR count). The predicted molar refractivity (Wildman–Crippen MR) is 140 cm³/mol. The fourth-order valence-electron chi connectivity index (χ4n) is 9.69. The molecule has 0 saturated heterocycles. The normalized spacial score (nSPS) is 39.4. The lowest BCUT2D eigenvalue weighted by Gasteiger charge is -2.60. The van der Waals surface area contributed by atoms with Crippen molar-refractivity contribution in [2.75, 3.05) is 0 Å². The van der Waals surface area contributed by atoms with Crippen molar-refractivity contribution in [1.29, 1.82) is 0 Å². The van der Waals surface area contributed by atoms with Crippen molar-refractivity contribution in [1.82, 2.24) is 9.97 Å². The molecular weight excluding hydrogens is 440 g/mol. The van der Waals surface area contributed by atoms with Gasteiger partial charge in [-0.05, 0) is 117 Å². The van der Waals surface area contributed by atoms with Crippen LogP contribution in [0.4, 0.5) is 0 Å². The van der Waals surface area contributed by atoms with E-state index in [4.69, 9.17) is 16.6 Å². The fraction of sp³-hybridized carbons (Fsp3) is 0.733. The third-order valence-corrected chi connectivity index (χ3v) is 11.8. The molecule has 4 aliphatic carbocycles. The molecule has 4 aliphatic rings. The van der Waals surface area contributed by atoms with Crippen LogP contribution in [-0.4, -0.2) is 9.97 Å². The third kappa shape index (κ3) is 3.59. The van der Waals surface area contributed by atoms with Crippen molar-refractivity contribution >= 4 is 22.5 Å². The van der Waals surface area contributed by atoms with Gasteiger partial charge in [-0.3, -0.25) is 4.79 Å². The van der Waals surface area contributed by atoms with E-state index >= 15 is 0 Å². The Hall–Kier alpha value is -1.35. The molecule has 4 heteroatoms. The number of benzene rings is 1. The summed E-state index contributed by atoms with van der Waals surface area (Å²) in [6.07, 6.45) is 17.9. The summed E-state index contributed by atoms with van der Waals surface area (Å²) in [4.78, 5) is 20.2. The van der Waals surface area contributed by atoms with Crippen molar-refractivity contribution in [3.63, 3.8) is 0 Å². The van der Waals surface area contributed by atoms with E-state index in [0.29, 0.717) is 26.8 Å². The number of aromatic nitrogens is 2. The minimum Gasteiger partial charge on any atom is -0.310 e. The number of aryl methyl sites for hydroxylation is 1. The van der Waals surface area contributed by atoms with E-state index in [0.717, 1.165) is 48.3 Å². The number of H-pyrrole nitrogens is 1. The zero-order valence-electron chi connectivity index (χ0n) is 21.0. The maximum atomic E-state index is 12.5. The van der Waals surface area contributed by atoms with E-state index in [2.05, 4.69) is 18.8 Å². The summed E-state index contributed by atoms with van der Waals surface area (Å²) in [5.74, 6) is 5.52. The van der Waals surface area contributed by atoms with Gasteiger partial charge in [-0.25, -0.2) is 4.98 Å². The summed E-state index contributed by atoms with van der Waals surface area (Å²) < 4.78 is 0. The number of nitrogens with one attached hydrogen (secondary N) is 1. The highest BCUT2D eigenvalue weighted by molar-refractivity contribution is 6.34. The molecule has 0 aliphatic heterocycles. The SMILES string of the molecule is CC12CCCCC1CCC1C2CCC2(C)C(CCCc3nc4c(Cl)cccc4c(=O)[nH]3)CCC12. The van der Waals surface area contributed by atoms with Crippen molar-refractivity contribution in [3.8, 4) is 0 Å². The van der Waals surface area contributed by atoms with Crippen LogP contribution >= 0.6 is 11.6 Å². The van der Waals surface area contributed by atoms with E-state index < -0.39 is 0 Å². The first-order valence-electron chi connectivity index (χ1n) is 14.1. The summed E-state index contributed by atoms with van der Waals surface area (Å²) in [6.45, 7) is 5.34. The fourth-order valence-corrected chi connectivity index (χ4v) is 9.90. The Bertz CT molecular complexity index is 1130. The maximum absolute atomic E-state index is 12.5. The van der Waals surface area contributed by atoms with Crippen LogP contribution in [0.5, 0.6) is 0 Å². The van der Waals surface area contributed by atoms with Gasteiger partial charge in [-0.15, -0.1) is 0 Å². The Morgan fingerprint density at radius 2 is 1.85 bits per heavy atom. The monoisotopic (exact) mass is 480 g/mol. The van der Waals surface area contributed by atoms with Gasteiger partial charge in [0.25, 0.3) is 5.56 Å². The lowest BCUT2D eigenvalue weighted by atomic mass is 9.45. The van der Waals surface area contributed by atoms with Crippen LogP contribution in [0.15, 0.2) is 23.0 Å². The Balaban J connectivity index is 1.14. The van der Waals surface area contributed by atoms with Crippen LogP contribution in [0.1, 0.15) is 96.7 Å². The van der Waals surface area contributed by atoms with Crippen molar-refractivity contribution in [2.45, 2.75) is 97.3 Å². The summed E-state index contributed by atoms with van der Waals surface area (Å²) in [6, 6.07) is 5.43. The van der Waals surface area contributed by atoms with E-state index in [1.165, 1.54) is 70.6 Å². The average Bonchev–Trinajstić information content (AvgIpc) is 3.16. The molecule has 34 heavy (non-hydrogen) atoms. The van der Waals surface area contributed by atoms with Gasteiger partial charge in [-0.2, -0.15) is 0 Å². The van der Waals surface area contributed by atoms with E-state index in [1.54, 1.807) is 6.07 Å². The first-order chi connectivity index (χ1) is 16.4. The number of para-hydroxylation sites is 1. The molecule has 0 spiro atoms. The molecular formula is C30H41ClN2O. The van der Waals surface area contributed by atoms with Gasteiger partial charge in [0.15, 0.2) is 0 Å². The summed E-state index contributed by atoms with van der Waals surface area (Å²) in [5.41, 5.74) is 1.73. The van der Waals surface area contributed by atoms with Gasteiger partial charge in [0, 0.05) is 6.42 Å². The predicted octanol–water partition coefficient (Wildman–Crippen LogP) is 7.95. The number of nitrogens with zero attached hydrogens (tertiary/aromatic N) is 1. The molecule has 7 unspecified atom stereocenters. The second-order valence-corrected chi connectivity index (χ2v) is 13.2. The van der Waals surface area contributed by atoms with E-state index in [1.807, 2.05) is 12.1 Å². The lowest BCUT2D eigenvalue weighted by Crippen LogP contribution is -2.52. The largest absolute Gasteiger partial charge is 0.310 e. The number of hydrogen-bond acceptors (Lipinski definition) is 2. The van der Waals surface area contributed by atoms with E-state index in [9.17, 15) is 4.79 Å². The Labute approximate surface area is 209 Å². The van der Waals surface area contributed by atoms with Gasteiger partial charge >= 0.3 is 0 Å². The molecule has 1 aromatic carbocycles. The lowest BCUT2D eigenvalue weighted by molar-refractivity contribution is -0.111. The quantitative estimate of drug-likeness (QED) is 0.482. The van der Waals surface area contributed by atoms with Crippen molar-refractivity contribution in [2.24, 2.45) is 40.4 Å². The van der Waals surface area contributed by atoms with Crippen LogP contribution in [0.2, 0.25) is 5.02 Å². The van der Waals surface area contributed by atoms with Crippen LogP contribution < -0.4 is 5.56 Å².